The number of piperazine rings is 1. The summed E-state index contributed by atoms with van der Waals surface area (Å²) in [5, 5.41) is 11.9. The van der Waals surface area contributed by atoms with Crippen LogP contribution in [0.3, 0.4) is 0 Å². The Hall–Kier alpha value is -2.51. The van der Waals surface area contributed by atoms with E-state index in [1.807, 2.05) is 30.3 Å². The van der Waals surface area contributed by atoms with Crippen molar-refractivity contribution in [2.24, 2.45) is 0 Å². The van der Waals surface area contributed by atoms with Crippen LogP contribution >= 0.6 is 0 Å². The number of nitrogens with zero attached hydrogens (tertiary/aromatic N) is 5. The summed E-state index contributed by atoms with van der Waals surface area (Å²) in [7, 11) is 0. The molecule has 7 heteroatoms. The van der Waals surface area contributed by atoms with Gasteiger partial charge in [-0.1, -0.05) is 19.1 Å². The molecule has 2 saturated heterocycles. The number of nitrogens with one attached hydrogen (secondary N) is 1. The van der Waals surface area contributed by atoms with Gasteiger partial charge in [0.05, 0.1) is 5.69 Å². The Morgan fingerprint density at radius 2 is 1.58 bits per heavy atom. The van der Waals surface area contributed by atoms with E-state index in [-0.39, 0.29) is 5.91 Å². The number of carbonyl (C=O) groups is 1. The predicted octanol–water partition coefficient (Wildman–Crippen LogP) is 2.50. The second-order valence-corrected chi connectivity index (χ2v) is 8.43. The zero-order valence-corrected chi connectivity index (χ0v) is 18.6. The summed E-state index contributed by atoms with van der Waals surface area (Å²) in [5.74, 6) is 0.931. The second-order valence-electron chi connectivity index (χ2n) is 8.43. The van der Waals surface area contributed by atoms with Crippen molar-refractivity contribution in [2.45, 2.75) is 26.2 Å². The van der Waals surface area contributed by atoms with Gasteiger partial charge in [0.15, 0.2) is 5.82 Å². The zero-order chi connectivity index (χ0) is 21.5. The summed E-state index contributed by atoms with van der Waals surface area (Å²) in [6.07, 6.45) is 3.75. The molecule has 7 nitrogen and oxygen atoms in total. The van der Waals surface area contributed by atoms with Crippen molar-refractivity contribution in [2.75, 3.05) is 63.8 Å². The molecule has 1 aromatic carbocycles. The highest BCUT2D eigenvalue weighted by molar-refractivity contribution is 5.94. The van der Waals surface area contributed by atoms with Crippen LogP contribution in [0.1, 0.15) is 36.5 Å². The molecule has 2 aromatic rings. The lowest BCUT2D eigenvalue weighted by atomic mass is 10.1. The Balaban J connectivity index is 1.26. The van der Waals surface area contributed by atoms with Gasteiger partial charge in [-0.3, -0.25) is 9.69 Å². The number of amides is 1. The lowest BCUT2D eigenvalue weighted by molar-refractivity contribution is 0.0938. The molecule has 0 spiro atoms. The van der Waals surface area contributed by atoms with Crippen molar-refractivity contribution in [1.29, 1.82) is 0 Å². The summed E-state index contributed by atoms with van der Waals surface area (Å²) in [6, 6.07) is 11.7. The van der Waals surface area contributed by atoms with Gasteiger partial charge in [0.25, 0.3) is 5.91 Å². The van der Waals surface area contributed by atoms with Crippen molar-refractivity contribution in [3.05, 3.63) is 42.0 Å². The molecule has 2 aliphatic rings. The molecule has 3 heterocycles. The van der Waals surface area contributed by atoms with Crippen LogP contribution in [-0.4, -0.2) is 84.8 Å². The fourth-order valence-electron chi connectivity index (χ4n) is 4.32. The predicted molar refractivity (Wildman–Crippen MR) is 124 cm³/mol. The minimum atomic E-state index is -0.0229. The Kier molecular flexibility index (Phi) is 7.48. The Bertz CT molecular complexity index is 824. The fourth-order valence-corrected chi connectivity index (χ4v) is 4.32. The number of rotatable bonds is 7. The van der Waals surface area contributed by atoms with Crippen molar-refractivity contribution in [1.82, 2.24) is 25.3 Å². The third kappa shape index (κ3) is 5.80. The van der Waals surface area contributed by atoms with Gasteiger partial charge in [0.1, 0.15) is 0 Å². The minimum absolute atomic E-state index is 0.0229. The standard InChI is InChI=1S/C24H34N6O/c1-2-28-16-18-29(19-17-28)15-12-25-24(31)21-8-6-20(7-9-21)22-10-11-23(27-26-22)30-13-4-3-5-14-30/h6-11H,2-5,12-19H2,1H3,(H,25,31). The molecule has 1 N–H and O–H groups in total. The molecule has 31 heavy (non-hydrogen) atoms. The average Bonchev–Trinajstić information content (AvgIpc) is 2.85. The molecule has 0 saturated carbocycles. The number of hydrogen-bond acceptors (Lipinski definition) is 6. The van der Waals surface area contributed by atoms with E-state index in [9.17, 15) is 4.79 Å². The minimum Gasteiger partial charge on any atom is -0.355 e. The van der Waals surface area contributed by atoms with E-state index < -0.39 is 0 Å². The lowest BCUT2D eigenvalue weighted by Gasteiger charge is -2.33. The van der Waals surface area contributed by atoms with Crippen molar-refractivity contribution in [3.8, 4) is 11.3 Å². The topological polar surface area (TPSA) is 64.6 Å². The molecular weight excluding hydrogens is 388 g/mol. The summed E-state index contributed by atoms with van der Waals surface area (Å²) in [6.45, 7) is 11.4. The molecule has 166 valence electrons. The van der Waals surface area contributed by atoms with E-state index in [0.717, 1.165) is 69.4 Å². The highest BCUT2D eigenvalue weighted by atomic mass is 16.1. The third-order valence-corrected chi connectivity index (χ3v) is 6.40. The fraction of sp³-hybridized carbons (Fsp3) is 0.542. The van der Waals surface area contributed by atoms with Crippen LogP contribution in [0.4, 0.5) is 5.82 Å². The van der Waals surface area contributed by atoms with Gasteiger partial charge in [-0.25, -0.2) is 0 Å². The molecule has 0 unspecified atom stereocenters. The Labute approximate surface area is 185 Å². The molecule has 2 fully saturated rings. The first kappa shape index (κ1) is 21.7. The first-order chi connectivity index (χ1) is 15.2. The number of aromatic nitrogens is 2. The Morgan fingerprint density at radius 1 is 0.871 bits per heavy atom. The molecule has 0 aliphatic carbocycles. The van der Waals surface area contributed by atoms with E-state index in [4.69, 9.17) is 0 Å². The van der Waals surface area contributed by atoms with Crippen LogP contribution in [0.2, 0.25) is 0 Å². The number of benzene rings is 1. The van der Waals surface area contributed by atoms with Crippen molar-refractivity contribution < 1.29 is 4.79 Å². The highest BCUT2D eigenvalue weighted by Gasteiger charge is 2.16. The maximum Gasteiger partial charge on any atom is 0.251 e. The van der Waals surface area contributed by atoms with E-state index in [1.54, 1.807) is 0 Å². The molecule has 0 bridgehead atoms. The van der Waals surface area contributed by atoms with Gasteiger partial charge in [-0.2, -0.15) is 0 Å². The Morgan fingerprint density at radius 3 is 2.23 bits per heavy atom. The van der Waals surface area contributed by atoms with E-state index in [1.165, 1.54) is 19.3 Å². The third-order valence-electron chi connectivity index (χ3n) is 6.40. The summed E-state index contributed by atoms with van der Waals surface area (Å²) in [4.78, 5) is 19.7. The van der Waals surface area contributed by atoms with Gasteiger partial charge >= 0.3 is 0 Å². The maximum atomic E-state index is 12.5. The normalized spacial score (nSPS) is 18.2. The smallest absolute Gasteiger partial charge is 0.251 e. The molecule has 0 radical (unpaired) electrons. The summed E-state index contributed by atoms with van der Waals surface area (Å²) in [5.41, 5.74) is 2.49. The summed E-state index contributed by atoms with van der Waals surface area (Å²) < 4.78 is 0. The quantitative estimate of drug-likeness (QED) is 0.740. The highest BCUT2D eigenvalue weighted by Crippen LogP contribution is 2.21. The SMILES string of the molecule is CCN1CCN(CCNC(=O)c2ccc(-c3ccc(N4CCCCC4)nn3)cc2)CC1. The van der Waals surface area contributed by atoms with E-state index in [2.05, 4.69) is 43.2 Å². The van der Waals surface area contributed by atoms with Crippen LogP contribution in [0.25, 0.3) is 11.3 Å². The first-order valence-corrected chi connectivity index (χ1v) is 11.6. The number of piperidine rings is 1. The van der Waals surface area contributed by atoms with Gasteiger partial charge in [-0.15, -0.1) is 10.2 Å². The largest absolute Gasteiger partial charge is 0.355 e. The number of hydrogen-bond donors (Lipinski definition) is 1. The molecule has 0 atom stereocenters. The molecule has 1 amide bonds. The molecule has 1 aromatic heterocycles. The number of anilines is 1. The van der Waals surface area contributed by atoms with Crippen molar-refractivity contribution in [3.63, 3.8) is 0 Å². The van der Waals surface area contributed by atoms with Crippen LogP contribution in [0, 0.1) is 0 Å². The van der Waals surface area contributed by atoms with Gasteiger partial charge in [0.2, 0.25) is 0 Å². The van der Waals surface area contributed by atoms with Gasteiger partial charge in [0, 0.05) is 63.5 Å². The zero-order valence-electron chi connectivity index (χ0n) is 18.6. The van der Waals surface area contributed by atoms with E-state index in [0.29, 0.717) is 12.1 Å². The number of likely N-dealkylation sites (N-methyl/N-ethyl adjacent to an activating group) is 1. The lowest BCUT2D eigenvalue weighted by Crippen LogP contribution is -2.48. The van der Waals surface area contributed by atoms with Crippen LogP contribution in [0.5, 0.6) is 0 Å². The monoisotopic (exact) mass is 422 g/mol. The van der Waals surface area contributed by atoms with Crippen LogP contribution in [0.15, 0.2) is 36.4 Å². The second kappa shape index (κ2) is 10.7. The van der Waals surface area contributed by atoms with Crippen molar-refractivity contribution >= 4 is 11.7 Å². The van der Waals surface area contributed by atoms with Gasteiger partial charge in [-0.05, 0) is 50.1 Å². The van der Waals surface area contributed by atoms with E-state index >= 15 is 0 Å². The maximum absolute atomic E-state index is 12.5. The van der Waals surface area contributed by atoms with Crippen LogP contribution in [-0.2, 0) is 0 Å². The molecular formula is C24H34N6O. The first-order valence-electron chi connectivity index (χ1n) is 11.6. The molecule has 2 aliphatic heterocycles. The summed E-state index contributed by atoms with van der Waals surface area (Å²) >= 11 is 0. The van der Waals surface area contributed by atoms with Crippen LogP contribution < -0.4 is 10.2 Å². The number of carbonyl (C=O) groups excluding carboxylic acids is 1. The molecule has 4 rings (SSSR count). The average molecular weight is 423 g/mol. The van der Waals surface area contributed by atoms with Gasteiger partial charge < -0.3 is 15.1 Å².